The maximum atomic E-state index is 13.3. The summed E-state index contributed by atoms with van der Waals surface area (Å²) in [4.78, 5) is 32.0. The van der Waals surface area contributed by atoms with E-state index in [0.717, 1.165) is 5.69 Å². The Kier molecular flexibility index (Phi) is 4.98. The fraction of sp³-hybridized carbons (Fsp3) is 0.174. The third kappa shape index (κ3) is 3.31. The highest BCUT2D eigenvalue weighted by molar-refractivity contribution is 6.04. The summed E-state index contributed by atoms with van der Waals surface area (Å²) in [7, 11) is 6.63. The van der Waals surface area contributed by atoms with Crippen molar-refractivity contribution < 1.29 is 23.8 Å². The maximum Gasteiger partial charge on any atom is 0.338 e. The lowest BCUT2D eigenvalue weighted by molar-refractivity contribution is 0.0698. The molecule has 2 aromatic rings. The summed E-state index contributed by atoms with van der Waals surface area (Å²) in [6, 6.07) is 11.9. The van der Waals surface area contributed by atoms with Crippen molar-refractivity contribution in [3.8, 4) is 34.1 Å². The molecule has 0 amide bonds. The molecule has 1 N–H and O–H groups in total. The number of carbonyl (C=O) groups is 1. The molecule has 4 rings (SSSR count). The number of methoxy groups -OCH3 is 2. The molecule has 2 aromatic carbocycles. The molecule has 0 unspecified atom stereocenters. The van der Waals surface area contributed by atoms with Gasteiger partial charge in [0.15, 0.2) is 11.3 Å². The summed E-state index contributed by atoms with van der Waals surface area (Å²) in [6.07, 6.45) is 0. The van der Waals surface area contributed by atoms with Gasteiger partial charge in [0.2, 0.25) is 11.2 Å². The molecular formula is C23H20N2O6. The van der Waals surface area contributed by atoms with Crippen LogP contribution < -0.4 is 19.8 Å². The first-order valence-electron chi connectivity index (χ1n) is 9.39. The third-order valence-electron chi connectivity index (χ3n) is 5.04. The summed E-state index contributed by atoms with van der Waals surface area (Å²) >= 11 is 0. The second-order valence-electron chi connectivity index (χ2n) is 7.08. The summed E-state index contributed by atoms with van der Waals surface area (Å²) in [5.74, 6) is -0.819. The molecule has 0 aromatic heterocycles. The van der Waals surface area contributed by atoms with E-state index in [1.165, 1.54) is 14.2 Å². The number of fused-ring (bicyclic) bond motifs is 2. The number of carboxylic acids is 1. The number of benzene rings is 3. The normalized spacial score (nSPS) is 11.0. The molecule has 1 heterocycles. The first-order valence-corrected chi connectivity index (χ1v) is 9.39. The molecule has 0 radical (unpaired) electrons. The first kappa shape index (κ1) is 20.2. The van der Waals surface area contributed by atoms with Crippen molar-refractivity contribution in [2.75, 3.05) is 33.2 Å². The van der Waals surface area contributed by atoms with Crippen LogP contribution in [0.2, 0.25) is 0 Å². The molecule has 158 valence electrons. The SMILES string of the molecule is COc1ccc(-c2c(C(=O)O)c3nc4ccc(N(C)C)cc4oc-3c(OC)c2=O)cc1. The summed E-state index contributed by atoms with van der Waals surface area (Å²) in [5.41, 5.74) is 1.33. The number of hydrogen-bond acceptors (Lipinski definition) is 7. The van der Waals surface area contributed by atoms with Crippen LogP contribution in [0.15, 0.2) is 51.7 Å². The average molecular weight is 420 g/mol. The van der Waals surface area contributed by atoms with Crippen LogP contribution in [0.1, 0.15) is 10.4 Å². The van der Waals surface area contributed by atoms with E-state index in [1.54, 1.807) is 36.4 Å². The molecule has 0 atom stereocenters. The van der Waals surface area contributed by atoms with Crippen molar-refractivity contribution >= 4 is 22.8 Å². The second kappa shape index (κ2) is 7.64. The summed E-state index contributed by atoms with van der Waals surface area (Å²) in [6.45, 7) is 0. The van der Waals surface area contributed by atoms with Gasteiger partial charge in [0.1, 0.15) is 22.5 Å². The van der Waals surface area contributed by atoms with E-state index >= 15 is 0 Å². The van der Waals surface area contributed by atoms with Gasteiger partial charge in [-0.2, -0.15) is 0 Å². The van der Waals surface area contributed by atoms with Gasteiger partial charge in [0, 0.05) is 25.8 Å². The van der Waals surface area contributed by atoms with Crippen molar-refractivity contribution in [3.05, 3.63) is 58.3 Å². The van der Waals surface area contributed by atoms with Crippen LogP contribution in [0.5, 0.6) is 11.5 Å². The second-order valence-corrected chi connectivity index (χ2v) is 7.08. The molecule has 0 fully saturated rings. The highest BCUT2D eigenvalue weighted by atomic mass is 16.5. The number of anilines is 1. The van der Waals surface area contributed by atoms with Gasteiger partial charge in [-0.15, -0.1) is 0 Å². The smallest absolute Gasteiger partial charge is 0.338 e. The number of rotatable bonds is 5. The van der Waals surface area contributed by atoms with Gasteiger partial charge in [0.05, 0.1) is 19.8 Å². The highest BCUT2D eigenvalue weighted by Crippen LogP contribution is 2.39. The molecule has 0 bridgehead atoms. The van der Waals surface area contributed by atoms with Gasteiger partial charge in [0.25, 0.3) is 0 Å². The molecule has 1 aliphatic heterocycles. The molecule has 0 saturated heterocycles. The molecule has 8 nitrogen and oxygen atoms in total. The summed E-state index contributed by atoms with van der Waals surface area (Å²) in [5, 5.41) is 10.0. The van der Waals surface area contributed by atoms with E-state index in [9.17, 15) is 14.7 Å². The van der Waals surface area contributed by atoms with E-state index < -0.39 is 11.4 Å². The Bertz CT molecular complexity index is 1320. The molecule has 0 saturated carbocycles. The van der Waals surface area contributed by atoms with Crippen molar-refractivity contribution in [2.24, 2.45) is 0 Å². The Morgan fingerprint density at radius 2 is 1.77 bits per heavy atom. The number of aromatic nitrogens is 1. The lowest BCUT2D eigenvalue weighted by Crippen LogP contribution is -2.18. The molecule has 1 aliphatic carbocycles. The Hall–Kier alpha value is -4.07. The fourth-order valence-electron chi connectivity index (χ4n) is 3.48. The highest BCUT2D eigenvalue weighted by Gasteiger charge is 2.31. The van der Waals surface area contributed by atoms with Crippen molar-refractivity contribution in [1.82, 2.24) is 4.98 Å². The molecule has 2 aliphatic rings. The predicted octanol–water partition coefficient (Wildman–Crippen LogP) is 3.74. The molecule has 31 heavy (non-hydrogen) atoms. The van der Waals surface area contributed by atoms with Gasteiger partial charge in [-0.3, -0.25) is 4.79 Å². The van der Waals surface area contributed by atoms with E-state index in [-0.39, 0.29) is 28.3 Å². The Morgan fingerprint density at radius 3 is 2.35 bits per heavy atom. The van der Waals surface area contributed by atoms with Crippen LogP contribution in [-0.2, 0) is 0 Å². The van der Waals surface area contributed by atoms with E-state index in [2.05, 4.69) is 4.98 Å². The minimum atomic E-state index is -1.29. The quantitative estimate of drug-likeness (QED) is 0.487. The predicted molar refractivity (Wildman–Crippen MR) is 117 cm³/mol. The number of aromatic carboxylic acids is 1. The first-order chi connectivity index (χ1) is 14.8. The van der Waals surface area contributed by atoms with Crippen LogP contribution in [0.3, 0.4) is 0 Å². The minimum Gasteiger partial charge on any atom is -0.497 e. The third-order valence-corrected chi connectivity index (χ3v) is 5.04. The van der Waals surface area contributed by atoms with E-state index in [1.807, 2.05) is 25.1 Å². The van der Waals surface area contributed by atoms with Crippen molar-refractivity contribution in [2.45, 2.75) is 0 Å². The van der Waals surface area contributed by atoms with Gasteiger partial charge < -0.3 is 23.9 Å². The number of hydrogen-bond donors (Lipinski definition) is 1. The Labute approximate surface area is 177 Å². The maximum absolute atomic E-state index is 13.3. The van der Waals surface area contributed by atoms with Crippen LogP contribution in [0.4, 0.5) is 5.69 Å². The molecule has 0 spiro atoms. The van der Waals surface area contributed by atoms with Gasteiger partial charge >= 0.3 is 5.97 Å². The zero-order valence-electron chi connectivity index (χ0n) is 17.4. The van der Waals surface area contributed by atoms with Gasteiger partial charge in [-0.05, 0) is 29.8 Å². The van der Waals surface area contributed by atoms with Crippen molar-refractivity contribution in [3.63, 3.8) is 0 Å². The zero-order valence-corrected chi connectivity index (χ0v) is 17.4. The van der Waals surface area contributed by atoms with Gasteiger partial charge in [-0.1, -0.05) is 12.1 Å². The molecule has 8 heteroatoms. The van der Waals surface area contributed by atoms with E-state index in [0.29, 0.717) is 22.4 Å². The zero-order chi connectivity index (χ0) is 22.3. The lowest BCUT2D eigenvalue weighted by Gasteiger charge is -2.17. The van der Waals surface area contributed by atoms with E-state index in [4.69, 9.17) is 13.9 Å². The van der Waals surface area contributed by atoms with Crippen LogP contribution in [-0.4, -0.2) is 44.4 Å². The Balaban J connectivity index is 2.12. The van der Waals surface area contributed by atoms with Gasteiger partial charge in [-0.25, -0.2) is 9.78 Å². The Morgan fingerprint density at radius 1 is 1.06 bits per heavy atom. The standard InChI is InChI=1S/C23H20N2O6/c1-25(2)13-7-10-15-16(11-13)31-21-19(24-15)18(23(27)28)17(20(26)22(21)30-4)12-5-8-14(29-3)9-6-12/h5-11H,1-4H3,(H,27,28). The topological polar surface area (TPSA) is 102 Å². The van der Waals surface area contributed by atoms with Crippen molar-refractivity contribution in [1.29, 1.82) is 0 Å². The van der Waals surface area contributed by atoms with Crippen LogP contribution in [0.25, 0.3) is 33.7 Å². The monoisotopic (exact) mass is 420 g/mol. The minimum absolute atomic E-state index is 0.00873. The number of nitrogens with zero attached hydrogens (tertiary/aromatic N) is 2. The number of carboxylic acid groups (broad SMARTS) is 1. The molecular weight excluding hydrogens is 400 g/mol. The fourth-order valence-corrected chi connectivity index (χ4v) is 3.48. The summed E-state index contributed by atoms with van der Waals surface area (Å²) < 4.78 is 16.5. The lowest BCUT2D eigenvalue weighted by atomic mass is 9.94. The van der Waals surface area contributed by atoms with Crippen LogP contribution in [0, 0.1) is 0 Å². The van der Waals surface area contributed by atoms with Crippen LogP contribution >= 0.6 is 0 Å². The average Bonchev–Trinajstić information content (AvgIpc) is 2.76. The number of ether oxygens (including phenoxy) is 2. The largest absolute Gasteiger partial charge is 0.497 e.